The van der Waals surface area contributed by atoms with Gasteiger partial charge in [-0.3, -0.25) is 0 Å². The summed E-state index contributed by atoms with van der Waals surface area (Å²) in [4.78, 5) is 1.40. The van der Waals surface area contributed by atoms with Crippen molar-refractivity contribution in [3.63, 3.8) is 0 Å². The molecule has 2 aromatic carbocycles. The average Bonchev–Trinajstić information content (AvgIpc) is 2.92. The summed E-state index contributed by atoms with van der Waals surface area (Å²) in [6, 6.07) is 22.0. The molecule has 0 aromatic heterocycles. The van der Waals surface area contributed by atoms with Crippen LogP contribution in [0.1, 0.15) is 38.7 Å². The zero-order valence-corrected chi connectivity index (χ0v) is 13.8. The molecule has 0 N–H and O–H groups in total. The van der Waals surface area contributed by atoms with Crippen LogP contribution < -0.4 is 0 Å². The predicted molar refractivity (Wildman–Crippen MR) is 92.9 cm³/mol. The molecular weight excluding hydrogens is 272 g/mol. The van der Waals surface area contributed by atoms with Crippen molar-refractivity contribution in [2.45, 2.75) is 48.7 Å². The van der Waals surface area contributed by atoms with Gasteiger partial charge in [-0.25, -0.2) is 0 Å². The highest BCUT2D eigenvalue weighted by atomic mass is 32.2. The maximum atomic E-state index is 2.47. The highest BCUT2D eigenvalue weighted by Gasteiger charge is 2.42. The molecule has 1 aliphatic carbocycles. The Hall–Kier alpha value is -1.21. The Bertz CT molecular complexity index is 563. The Balaban J connectivity index is 1.80. The van der Waals surface area contributed by atoms with Gasteiger partial charge in [-0.1, -0.05) is 68.8 Å². The highest BCUT2D eigenvalue weighted by Crippen LogP contribution is 2.50. The normalized spacial score (nSPS) is 26.7. The van der Waals surface area contributed by atoms with Crippen LogP contribution in [0, 0.1) is 5.92 Å². The van der Waals surface area contributed by atoms with Gasteiger partial charge in [0.15, 0.2) is 0 Å². The third kappa shape index (κ3) is 3.03. The largest absolute Gasteiger partial charge is 0.123 e. The molecule has 0 spiro atoms. The van der Waals surface area contributed by atoms with Gasteiger partial charge in [-0.05, 0) is 41.9 Å². The summed E-state index contributed by atoms with van der Waals surface area (Å²) < 4.78 is 0. The number of benzene rings is 2. The summed E-state index contributed by atoms with van der Waals surface area (Å²) in [6.07, 6.45) is 4.03. The van der Waals surface area contributed by atoms with E-state index in [4.69, 9.17) is 0 Å². The highest BCUT2D eigenvalue weighted by molar-refractivity contribution is 8.00. The Morgan fingerprint density at radius 3 is 2.29 bits per heavy atom. The van der Waals surface area contributed by atoms with Crippen molar-refractivity contribution in [3.8, 4) is 0 Å². The van der Waals surface area contributed by atoms with E-state index in [1.807, 2.05) is 11.8 Å². The fourth-order valence-corrected chi connectivity index (χ4v) is 5.26. The lowest BCUT2D eigenvalue weighted by Crippen LogP contribution is -2.32. The van der Waals surface area contributed by atoms with E-state index in [0.717, 1.165) is 5.92 Å². The van der Waals surface area contributed by atoms with E-state index in [1.165, 1.54) is 29.7 Å². The van der Waals surface area contributed by atoms with Crippen LogP contribution in [0.3, 0.4) is 0 Å². The molecule has 0 unspecified atom stereocenters. The van der Waals surface area contributed by atoms with Gasteiger partial charge in [-0.2, -0.15) is 0 Å². The average molecular weight is 296 g/mol. The van der Waals surface area contributed by atoms with Crippen LogP contribution in [0.25, 0.3) is 0 Å². The minimum atomic E-state index is 0.336. The Labute approximate surface area is 133 Å². The molecule has 1 aliphatic rings. The molecule has 0 nitrogen and oxygen atoms in total. The molecule has 0 aliphatic heterocycles. The van der Waals surface area contributed by atoms with Crippen molar-refractivity contribution in [1.29, 1.82) is 0 Å². The lowest BCUT2D eigenvalue weighted by molar-refractivity contribution is 0.342. The van der Waals surface area contributed by atoms with Gasteiger partial charge in [0.2, 0.25) is 0 Å². The summed E-state index contributed by atoms with van der Waals surface area (Å²) in [5, 5.41) is 0.653. The van der Waals surface area contributed by atoms with Gasteiger partial charge >= 0.3 is 0 Å². The van der Waals surface area contributed by atoms with E-state index in [0.29, 0.717) is 10.7 Å². The topological polar surface area (TPSA) is 0 Å². The van der Waals surface area contributed by atoms with Gasteiger partial charge in [0, 0.05) is 10.1 Å². The van der Waals surface area contributed by atoms with Gasteiger partial charge in [0.1, 0.15) is 0 Å². The standard InChI is InChI=1S/C20H24S/c1-16(21-18-12-7-4-8-13-18)19-14-9-15-20(19,2)17-10-5-3-6-11-17/h3-8,10-13,16,19H,9,14-15H2,1-2H3/t16-,19-,20-/m0/s1. The second-order valence-electron chi connectivity index (χ2n) is 6.42. The molecule has 0 heterocycles. The smallest absolute Gasteiger partial charge is 0.0103 e. The molecule has 0 amide bonds. The Morgan fingerprint density at radius 1 is 1.00 bits per heavy atom. The van der Waals surface area contributed by atoms with E-state index in [1.54, 1.807) is 0 Å². The summed E-state index contributed by atoms with van der Waals surface area (Å²) >= 11 is 2.04. The molecule has 3 atom stereocenters. The molecular formula is C20H24S. The van der Waals surface area contributed by atoms with Crippen LogP contribution in [0.5, 0.6) is 0 Å². The fraction of sp³-hybridized carbons (Fsp3) is 0.400. The molecule has 0 saturated heterocycles. The first-order valence-corrected chi connectivity index (χ1v) is 8.85. The van der Waals surface area contributed by atoms with E-state index in [2.05, 4.69) is 74.5 Å². The predicted octanol–water partition coefficient (Wildman–Crippen LogP) is 5.93. The van der Waals surface area contributed by atoms with Gasteiger partial charge in [0.25, 0.3) is 0 Å². The first kappa shape index (κ1) is 14.7. The summed E-state index contributed by atoms with van der Waals surface area (Å²) in [7, 11) is 0. The maximum Gasteiger partial charge on any atom is 0.0103 e. The zero-order valence-electron chi connectivity index (χ0n) is 13.0. The minimum Gasteiger partial charge on any atom is -0.123 e. The van der Waals surface area contributed by atoms with Gasteiger partial charge < -0.3 is 0 Å². The zero-order chi connectivity index (χ0) is 14.7. The molecule has 3 rings (SSSR count). The lowest BCUT2D eigenvalue weighted by Gasteiger charge is -2.36. The Morgan fingerprint density at radius 2 is 1.62 bits per heavy atom. The number of thioether (sulfide) groups is 1. The van der Waals surface area contributed by atoms with Crippen molar-refractivity contribution >= 4 is 11.8 Å². The number of hydrogen-bond acceptors (Lipinski definition) is 1. The van der Waals surface area contributed by atoms with E-state index < -0.39 is 0 Å². The lowest BCUT2D eigenvalue weighted by atomic mass is 9.73. The van der Waals surface area contributed by atoms with Gasteiger partial charge in [0.05, 0.1) is 0 Å². The van der Waals surface area contributed by atoms with Gasteiger partial charge in [-0.15, -0.1) is 11.8 Å². The second kappa shape index (κ2) is 6.27. The third-order valence-electron chi connectivity index (χ3n) is 5.09. The van der Waals surface area contributed by atoms with Crippen molar-refractivity contribution in [1.82, 2.24) is 0 Å². The molecule has 1 heteroatoms. The van der Waals surface area contributed by atoms with E-state index in [9.17, 15) is 0 Å². The SMILES string of the molecule is C[C@H](Sc1ccccc1)[C@@H]1CCC[C@@]1(C)c1ccccc1. The summed E-state index contributed by atoms with van der Waals surface area (Å²) in [6.45, 7) is 4.89. The van der Waals surface area contributed by atoms with Crippen LogP contribution in [0.15, 0.2) is 65.6 Å². The van der Waals surface area contributed by atoms with Crippen molar-refractivity contribution < 1.29 is 0 Å². The maximum absolute atomic E-state index is 2.47. The second-order valence-corrected chi connectivity index (χ2v) is 7.87. The van der Waals surface area contributed by atoms with Crippen LogP contribution in [-0.2, 0) is 5.41 Å². The van der Waals surface area contributed by atoms with Crippen molar-refractivity contribution in [2.24, 2.45) is 5.92 Å². The molecule has 21 heavy (non-hydrogen) atoms. The first-order chi connectivity index (χ1) is 10.2. The molecule has 1 fully saturated rings. The van der Waals surface area contributed by atoms with Crippen molar-refractivity contribution in [3.05, 3.63) is 66.2 Å². The quantitative estimate of drug-likeness (QED) is 0.630. The number of hydrogen-bond donors (Lipinski definition) is 0. The molecule has 1 saturated carbocycles. The van der Waals surface area contributed by atoms with E-state index >= 15 is 0 Å². The molecule has 0 bridgehead atoms. The minimum absolute atomic E-state index is 0.336. The van der Waals surface area contributed by atoms with Crippen LogP contribution in [-0.4, -0.2) is 5.25 Å². The first-order valence-electron chi connectivity index (χ1n) is 7.97. The van der Waals surface area contributed by atoms with Crippen molar-refractivity contribution in [2.75, 3.05) is 0 Å². The third-order valence-corrected chi connectivity index (χ3v) is 6.34. The molecule has 110 valence electrons. The van der Waals surface area contributed by atoms with Crippen LogP contribution >= 0.6 is 11.8 Å². The number of rotatable bonds is 4. The monoisotopic (exact) mass is 296 g/mol. The summed E-state index contributed by atoms with van der Waals surface area (Å²) in [5.74, 6) is 0.755. The summed E-state index contributed by atoms with van der Waals surface area (Å²) in [5.41, 5.74) is 1.86. The van der Waals surface area contributed by atoms with Crippen LogP contribution in [0.4, 0.5) is 0 Å². The molecule has 2 aromatic rings. The Kier molecular flexibility index (Phi) is 4.40. The van der Waals surface area contributed by atoms with Crippen LogP contribution in [0.2, 0.25) is 0 Å². The molecule has 0 radical (unpaired) electrons. The van der Waals surface area contributed by atoms with E-state index in [-0.39, 0.29) is 0 Å². The fourth-order valence-electron chi connectivity index (χ4n) is 3.92.